The molecule has 0 spiro atoms. The van der Waals surface area contributed by atoms with Gasteiger partial charge in [0, 0.05) is 13.2 Å². The number of nitrogens with one attached hydrogen (secondary N) is 1. The van der Waals surface area contributed by atoms with Gasteiger partial charge in [0.2, 0.25) is 0 Å². The van der Waals surface area contributed by atoms with Gasteiger partial charge >= 0.3 is 0 Å². The zero-order valence-electron chi connectivity index (χ0n) is 10.4. The van der Waals surface area contributed by atoms with Gasteiger partial charge in [-0.05, 0) is 36.8 Å². The van der Waals surface area contributed by atoms with Crippen molar-refractivity contribution >= 4 is 5.91 Å². The molecule has 0 saturated carbocycles. The minimum atomic E-state index is -0.278. The van der Waals surface area contributed by atoms with Crippen LogP contribution >= 0.6 is 0 Å². The van der Waals surface area contributed by atoms with Crippen molar-refractivity contribution in [2.24, 2.45) is 7.05 Å². The van der Waals surface area contributed by atoms with Gasteiger partial charge in [0.1, 0.15) is 11.5 Å². The monoisotopic (exact) mass is 246 g/mol. The van der Waals surface area contributed by atoms with Crippen LogP contribution in [0, 0.1) is 5.82 Å². The molecule has 1 unspecified atom stereocenters. The maximum atomic E-state index is 12.8. The Morgan fingerprint density at radius 1 is 1.28 bits per heavy atom. The molecule has 1 amide bonds. The molecule has 0 saturated heterocycles. The highest BCUT2D eigenvalue weighted by molar-refractivity contribution is 5.92. The van der Waals surface area contributed by atoms with Gasteiger partial charge in [0.25, 0.3) is 5.91 Å². The zero-order chi connectivity index (χ0) is 13.1. The SMILES string of the molecule is CC(NC(=O)c1cccn1C)c1ccc(F)cc1. The van der Waals surface area contributed by atoms with Gasteiger partial charge in [-0.3, -0.25) is 4.79 Å². The Morgan fingerprint density at radius 2 is 1.94 bits per heavy atom. The third-order valence-corrected chi connectivity index (χ3v) is 2.89. The van der Waals surface area contributed by atoms with Crippen LogP contribution in [0.15, 0.2) is 42.6 Å². The van der Waals surface area contributed by atoms with Crippen LogP contribution in [-0.4, -0.2) is 10.5 Å². The second-order valence-electron chi connectivity index (χ2n) is 4.25. The van der Waals surface area contributed by atoms with E-state index in [1.165, 1.54) is 12.1 Å². The summed E-state index contributed by atoms with van der Waals surface area (Å²) >= 11 is 0. The van der Waals surface area contributed by atoms with Crippen molar-refractivity contribution < 1.29 is 9.18 Å². The van der Waals surface area contributed by atoms with Crippen molar-refractivity contribution in [1.82, 2.24) is 9.88 Å². The van der Waals surface area contributed by atoms with Crippen LogP contribution in [0.4, 0.5) is 4.39 Å². The molecule has 1 heterocycles. The second-order valence-corrected chi connectivity index (χ2v) is 4.25. The fourth-order valence-electron chi connectivity index (χ4n) is 1.80. The minimum Gasteiger partial charge on any atom is -0.347 e. The van der Waals surface area contributed by atoms with Crippen molar-refractivity contribution in [1.29, 1.82) is 0 Å². The Morgan fingerprint density at radius 3 is 2.50 bits per heavy atom. The minimum absolute atomic E-state index is 0.140. The van der Waals surface area contributed by atoms with Gasteiger partial charge in [-0.25, -0.2) is 4.39 Å². The standard InChI is InChI=1S/C14H15FN2O/c1-10(11-5-7-12(15)8-6-11)16-14(18)13-4-3-9-17(13)2/h3-10H,1-2H3,(H,16,18). The molecule has 0 bridgehead atoms. The molecule has 1 aromatic carbocycles. The number of carbonyl (C=O) groups is 1. The first-order valence-corrected chi connectivity index (χ1v) is 5.75. The first-order chi connectivity index (χ1) is 8.58. The molecule has 1 aromatic heterocycles. The number of benzene rings is 1. The third kappa shape index (κ3) is 2.59. The summed E-state index contributed by atoms with van der Waals surface area (Å²) < 4.78 is 14.6. The van der Waals surface area contributed by atoms with Crippen LogP contribution < -0.4 is 5.32 Å². The number of aryl methyl sites for hydroxylation is 1. The molecule has 18 heavy (non-hydrogen) atoms. The molecule has 2 rings (SSSR count). The molecule has 0 aliphatic carbocycles. The third-order valence-electron chi connectivity index (χ3n) is 2.89. The number of nitrogens with zero attached hydrogens (tertiary/aromatic N) is 1. The largest absolute Gasteiger partial charge is 0.347 e. The predicted octanol–water partition coefficient (Wildman–Crippen LogP) is 2.66. The van der Waals surface area contributed by atoms with Crippen LogP contribution in [0.1, 0.15) is 29.0 Å². The zero-order valence-corrected chi connectivity index (χ0v) is 10.4. The van der Waals surface area contributed by atoms with E-state index >= 15 is 0 Å². The number of hydrogen-bond acceptors (Lipinski definition) is 1. The lowest BCUT2D eigenvalue weighted by Gasteiger charge is -2.14. The van der Waals surface area contributed by atoms with E-state index in [4.69, 9.17) is 0 Å². The molecule has 0 aliphatic heterocycles. The maximum Gasteiger partial charge on any atom is 0.268 e. The van der Waals surface area contributed by atoms with E-state index in [1.807, 2.05) is 26.2 Å². The summed E-state index contributed by atoms with van der Waals surface area (Å²) in [6, 6.07) is 9.54. The van der Waals surface area contributed by atoms with E-state index in [0.717, 1.165) is 5.56 Å². The van der Waals surface area contributed by atoms with Gasteiger partial charge in [-0.15, -0.1) is 0 Å². The molecule has 94 valence electrons. The van der Waals surface area contributed by atoms with Crippen molar-refractivity contribution in [3.8, 4) is 0 Å². The van der Waals surface area contributed by atoms with Gasteiger partial charge in [-0.2, -0.15) is 0 Å². The molecule has 1 N–H and O–H groups in total. The van der Waals surface area contributed by atoms with E-state index < -0.39 is 0 Å². The summed E-state index contributed by atoms with van der Waals surface area (Å²) in [7, 11) is 1.82. The van der Waals surface area contributed by atoms with Crippen molar-refractivity contribution in [2.45, 2.75) is 13.0 Å². The fourth-order valence-corrected chi connectivity index (χ4v) is 1.80. The van der Waals surface area contributed by atoms with Crippen LogP contribution in [-0.2, 0) is 7.05 Å². The summed E-state index contributed by atoms with van der Waals surface area (Å²) in [5.74, 6) is -0.418. The lowest BCUT2D eigenvalue weighted by Crippen LogP contribution is -2.28. The Labute approximate surface area is 105 Å². The topological polar surface area (TPSA) is 34.0 Å². The van der Waals surface area contributed by atoms with E-state index in [9.17, 15) is 9.18 Å². The summed E-state index contributed by atoms with van der Waals surface area (Å²) in [6.07, 6.45) is 1.82. The van der Waals surface area contributed by atoms with E-state index in [2.05, 4.69) is 5.32 Å². The molecular formula is C14H15FN2O. The van der Waals surface area contributed by atoms with Gasteiger partial charge < -0.3 is 9.88 Å². The van der Waals surface area contributed by atoms with Crippen LogP contribution in [0.25, 0.3) is 0 Å². The Bertz CT molecular complexity index is 545. The number of halogens is 1. The second kappa shape index (κ2) is 5.04. The highest BCUT2D eigenvalue weighted by Gasteiger charge is 2.13. The molecule has 4 heteroatoms. The Kier molecular flexibility index (Phi) is 3.46. The first-order valence-electron chi connectivity index (χ1n) is 5.75. The van der Waals surface area contributed by atoms with E-state index in [0.29, 0.717) is 5.69 Å². The van der Waals surface area contributed by atoms with Crippen molar-refractivity contribution in [3.63, 3.8) is 0 Å². The molecule has 2 aromatic rings. The molecule has 0 aliphatic rings. The van der Waals surface area contributed by atoms with Gasteiger partial charge in [-0.1, -0.05) is 12.1 Å². The van der Waals surface area contributed by atoms with E-state index in [1.54, 1.807) is 22.8 Å². The molecule has 0 fully saturated rings. The quantitative estimate of drug-likeness (QED) is 0.887. The van der Waals surface area contributed by atoms with Crippen LogP contribution in [0.2, 0.25) is 0 Å². The summed E-state index contributed by atoms with van der Waals surface area (Å²) in [6.45, 7) is 1.87. The first kappa shape index (κ1) is 12.4. The van der Waals surface area contributed by atoms with Gasteiger partial charge in [0.05, 0.1) is 6.04 Å². The lowest BCUT2D eigenvalue weighted by atomic mass is 10.1. The Hall–Kier alpha value is -2.10. The predicted molar refractivity (Wildman–Crippen MR) is 67.7 cm³/mol. The number of aromatic nitrogens is 1. The van der Waals surface area contributed by atoms with Crippen molar-refractivity contribution in [2.75, 3.05) is 0 Å². The van der Waals surface area contributed by atoms with Crippen LogP contribution in [0.5, 0.6) is 0 Å². The normalized spacial score (nSPS) is 12.2. The van der Waals surface area contributed by atoms with Crippen LogP contribution in [0.3, 0.4) is 0 Å². The molecular weight excluding hydrogens is 231 g/mol. The number of rotatable bonds is 3. The molecule has 0 radical (unpaired) electrons. The summed E-state index contributed by atoms with van der Waals surface area (Å²) in [4.78, 5) is 12.0. The summed E-state index contributed by atoms with van der Waals surface area (Å²) in [5.41, 5.74) is 1.47. The molecule has 3 nitrogen and oxygen atoms in total. The molecule has 1 atom stereocenters. The fraction of sp³-hybridized carbons (Fsp3) is 0.214. The lowest BCUT2D eigenvalue weighted by molar-refractivity contribution is 0.0931. The van der Waals surface area contributed by atoms with Gasteiger partial charge in [0.15, 0.2) is 0 Å². The number of amides is 1. The summed E-state index contributed by atoms with van der Waals surface area (Å²) in [5, 5.41) is 2.88. The number of carbonyl (C=O) groups excluding carboxylic acids is 1. The average Bonchev–Trinajstić information content (AvgIpc) is 2.76. The number of hydrogen-bond donors (Lipinski definition) is 1. The highest BCUT2D eigenvalue weighted by Crippen LogP contribution is 2.13. The highest BCUT2D eigenvalue weighted by atomic mass is 19.1. The maximum absolute atomic E-state index is 12.8. The smallest absolute Gasteiger partial charge is 0.268 e. The van der Waals surface area contributed by atoms with E-state index in [-0.39, 0.29) is 17.8 Å². The average molecular weight is 246 g/mol. The Balaban J connectivity index is 2.08. The van der Waals surface area contributed by atoms with Crippen molar-refractivity contribution in [3.05, 3.63) is 59.7 Å².